The molecule has 0 unspecified atom stereocenters. The molecule has 0 aromatic carbocycles. The third-order valence-corrected chi connectivity index (χ3v) is 8.23. The Morgan fingerprint density at radius 3 is 2.58 bits per heavy atom. The molecule has 180 valence electrons. The van der Waals surface area contributed by atoms with E-state index in [-0.39, 0.29) is 17.9 Å². The molecule has 2 aromatic rings. The summed E-state index contributed by atoms with van der Waals surface area (Å²) < 4.78 is 7.56. The maximum Gasteiger partial charge on any atom is 0.271 e. The summed E-state index contributed by atoms with van der Waals surface area (Å²) in [6.45, 7) is 8.22. The van der Waals surface area contributed by atoms with E-state index in [1.807, 2.05) is 28.5 Å². The van der Waals surface area contributed by atoms with Crippen LogP contribution in [0.4, 0.5) is 0 Å². The Balaban J connectivity index is 1.40. The second-order valence-electron chi connectivity index (χ2n) is 10.7. The van der Waals surface area contributed by atoms with Crippen LogP contribution in [-0.2, 0) is 11.3 Å². The minimum atomic E-state index is -0.928. The molecule has 5 rings (SSSR count). The number of furan rings is 1. The number of amides is 2. The molecule has 1 saturated carbocycles. The molecule has 0 spiro atoms. The van der Waals surface area contributed by atoms with Crippen molar-refractivity contribution in [3.05, 3.63) is 24.1 Å². The third kappa shape index (κ3) is 4.32. The SMILES string of the molecule is CC1CCC(NC(=O)[C@@]2(C)Cn3c(cc4occc43)C(=O)N2CCN2CCCCCC2)CC1. The Morgan fingerprint density at radius 2 is 1.85 bits per heavy atom. The van der Waals surface area contributed by atoms with Crippen molar-refractivity contribution in [2.75, 3.05) is 26.2 Å². The lowest BCUT2D eigenvalue weighted by atomic mass is 9.86. The molecule has 2 amide bonds. The van der Waals surface area contributed by atoms with Crippen LogP contribution in [0.2, 0.25) is 0 Å². The summed E-state index contributed by atoms with van der Waals surface area (Å²) in [5.74, 6) is 0.631. The highest BCUT2D eigenvalue weighted by molar-refractivity contribution is 6.02. The average molecular weight is 455 g/mol. The smallest absolute Gasteiger partial charge is 0.271 e. The molecule has 2 aromatic heterocycles. The second kappa shape index (κ2) is 9.16. The number of carbonyl (C=O) groups is 2. The summed E-state index contributed by atoms with van der Waals surface area (Å²) in [4.78, 5) is 31.8. The number of aromatic nitrogens is 1. The fraction of sp³-hybridized carbons (Fsp3) is 0.692. The lowest BCUT2D eigenvalue weighted by molar-refractivity contribution is -0.134. The number of hydrogen-bond acceptors (Lipinski definition) is 4. The average Bonchev–Trinajstić information content (AvgIpc) is 3.29. The number of hydrogen-bond donors (Lipinski definition) is 1. The highest BCUT2D eigenvalue weighted by Gasteiger charge is 2.48. The molecule has 0 bridgehead atoms. The van der Waals surface area contributed by atoms with Crippen LogP contribution in [0.5, 0.6) is 0 Å². The van der Waals surface area contributed by atoms with Gasteiger partial charge in [-0.25, -0.2) is 0 Å². The van der Waals surface area contributed by atoms with Gasteiger partial charge in [0.15, 0.2) is 5.58 Å². The second-order valence-corrected chi connectivity index (χ2v) is 10.7. The van der Waals surface area contributed by atoms with Gasteiger partial charge >= 0.3 is 0 Å². The van der Waals surface area contributed by atoms with Gasteiger partial charge in [-0.2, -0.15) is 0 Å². The van der Waals surface area contributed by atoms with Crippen LogP contribution in [0.25, 0.3) is 11.1 Å². The maximum absolute atomic E-state index is 13.8. The molecule has 0 radical (unpaired) electrons. The summed E-state index contributed by atoms with van der Waals surface area (Å²) in [6, 6.07) is 3.92. The van der Waals surface area contributed by atoms with Gasteiger partial charge in [0.25, 0.3) is 5.91 Å². The van der Waals surface area contributed by atoms with Crippen molar-refractivity contribution in [3.8, 4) is 0 Å². The molecule has 2 aliphatic heterocycles. The standard InChI is InChI=1S/C26H38N4O3/c1-19-7-9-20(10-8-19)27-25(32)26(2)18-29-21-11-16-33-23(21)17-22(29)24(31)30(26)15-14-28-12-5-3-4-6-13-28/h11,16-17,19-20H,3-10,12-15,18H2,1-2H3,(H,27,32)/t19?,20?,26-/m1/s1. The first-order valence-electron chi connectivity index (χ1n) is 12.9. The Hall–Kier alpha value is -2.28. The predicted molar refractivity (Wildman–Crippen MR) is 128 cm³/mol. The number of rotatable bonds is 5. The first-order chi connectivity index (χ1) is 16.0. The molecule has 33 heavy (non-hydrogen) atoms. The van der Waals surface area contributed by atoms with Crippen LogP contribution < -0.4 is 5.32 Å². The quantitative estimate of drug-likeness (QED) is 0.741. The number of likely N-dealkylation sites (tertiary alicyclic amines) is 1. The van der Waals surface area contributed by atoms with E-state index in [0.29, 0.717) is 24.4 Å². The number of fused-ring (bicyclic) bond motifs is 3. The summed E-state index contributed by atoms with van der Waals surface area (Å²) in [5.41, 5.74) is 1.28. The van der Waals surface area contributed by atoms with Gasteiger partial charge in [-0.3, -0.25) is 9.59 Å². The van der Waals surface area contributed by atoms with E-state index < -0.39 is 5.54 Å². The molecular formula is C26H38N4O3. The first kappa shape index (κ1) is 22.5. The molecule has 1 N–H and O–H groups in total. The fourth-order valence-electron chi connectivity index (χ4n) is 5.97. The van der Waals surface area contributed by atoms with E-state index in [1.54, 1.807) is 6.26 Å². The molecule has 4 heterocycles. The number of nitrogens with one attached hydrogen (secondary N) is 1. The van der Waals surface area contributed by atoms with Gasteiger partial charge in [-0.05, 0) is 64.5 Å². The third-order valence-electron chi connectivity index (χ3n) is 8.23. The van der Waals surface area contributed by atoms with Gasteiger partial charge in [0.05, 0.1) is 18.3 Å². The van der Waals surface area contributed by atoms with Gasteiger partial charge in [-0.15, -0.1) is 0 Å². The minimum absolute atomic E-state index is 0.0257. The monoisotopic (exact) mass is 454 g/mol. The van der Waals surface area contributed by atoms with E-state index in [9.17, 15) is 9.59 Å². The van der Waals surface area contributed by atoms with Crippen LogP contribution in [0.3, 0.4) is 0 Å². The first-order valence-corrected chi connectivity index (χ1v) is 12.9. The van der Waals surface area contributed by atoms with Crippen LogP contribution >= 0.6 is 0 Å². The van der Waals surface area contributed by atoms with E-state index >= 15 is 0 Å². The zero-order valence-electron chi connectivity index (χ0n) is 20.1. The zero-order valence-corrected chi connectivity index (χ0v) is 20.1. The van der Waals surface area contributed by atoms with Crippen molar-refractivity contribution in [2.24, 2.45) is 5.92 Å². The Morgan fingerprint density at radius 1 is 1.12 bits per heavy atom. The van der Waals surface area contributed by atoms with E-state index in [1.165, 1.54) is 25.7 Å². The number of carbonyl (C=O) groups excluding carboxylic acids is 2. The molecule has 2 fully saturated rings. The van der Waals surface area contributed by atoms with Crippen molar-refractivity contribution in [2.45, 2.75) is 83.3 Å². The Labute approximate surface area is 196 Å². The van der Waals surface area contributed by atoms with Gasteiger partial charge in [0.1, 0.15) is 11.2 Å². The van der Waals surface area contributed by atoms with Crippen molar-refractivity contribution >= 4 is 22.9 Å². The van der Waals surface area contributed by atoms with E-state index in [0.717, 1.165) is 56.8 Å². The highest BCUT2D eigenvalue weighted by atomic mass is 16.3. The van der Waals surface area contributed by atoms with Crippen molar-refractivity contribution < 1.29 is 14.0 Å². The largest absolute Gasteiger partial charge is 0.463 e. The number of nitrogens with zero attached hydrogens (tertiary/aromatic N) is 3. The lowest BCUT2D eigenvalue weighted by Gasteiger charge is -2.45. The fourth-order valence-corrected chi connectivity index (χ4v) is 5.97. The molecular weight excluding hydrogens is 416 g/mol. The van der Waals surface area contributed by atoms with Crippen molar-refractivity contribution in [1.82, 2.24) is 19.7 Å². The maximum atomic E-state index is 13.8. The predicted octanol–water partition coefficient (Wildman–Crippen LogP) is 4.02. The summed E-state index contributed by atoms with van der Waals surface area (Å²) >= 11 is 0. The van der Waals surface area contributed by atoms with Crippen molar-refractivity contribution in [3.63, 3.8) is 0 Å². The van der Waals surface area contributed by atoms with Crippen molar-refractivity contribution in [1.29, 1.82) is 0 Å². The molecule has 1 atom stereocenters. The summed E-state index contributed by atoms with van der Waals surface area (Å²) in [7, 11) is 0. The summed E-state index contributed by atoms with van der Waals surface area (Å²) in [5, 5.41) is 3.33. The van der Waals surface area contributed by atoms with Gasteiger partial charge in [-0.1, -0.05) is 19.8 Å². The Bertz CT molecular complexity index is 995. The van der Waals surface area contributed by atoms with Crippen LogP contribution in [0.15, 0.2) is 22.8 Å². The zero-order chi connectivity index (χ0) is 23.0. The lowest BCUT2D eigenvalue weighted by Crippen LogP contribution is -2.65. The van der Waals surface area contributed by atoms with Crippen LogP contribution in [0, 0.1) is 5.92 Å². The molecule has 3 aliphatic rings. The van der Waals surface area contributed by atoms with E-state index in [4.69, 9.17) is 4.42 Å². The molecule has 1 aliphatic carbocycles. The highest BCUT2D eigenvalue weighted by Crippen LogP contribution is 2.33. The Kier molecular flexibility index (Phi) is 6.25. The summed E-state index contributed by atoms with van der Waals surface area (Å²) in [6.07, 6.45) is 11.0. The van der Waals surface area contributed by atoms with E-state index in [2.05, 4.69) is 17.1 Å². The van der Waals surface area contributed by atoms with Gasteiger partial charge in [0, 0.05) is 31.3 Å². The topological polar surface area (TPSA) is 70.7 Å². The van der Waals surface area contributed by atoms with Gasteiger partial charge in [0.2, 0.25) is 5.91 Å². The van der Waals surface area contributed by atoms with Crippen LogP contribution in [-0.4, -0.2) is 63.9 Å². The normalized spacial score (nSPS) is 29.2. The molecule has 1 saturated heterocycles. The molecule has 7 nitrogen and oxygen atoms in total. The van der Waals surface area contributed by atoms with Crippen LogP contribution in [0.1, 0.15) is 75.7 Å². The molecule has 7 heteroatoms. The van der Waals surface area contributed by atoms with Gasteiger partial charge < -0.3 is 24.1 Å². The minimum Gasteiger partial charge on any atom is -0.463 e.